The molecule has 2 aromatic carbocycles. The first kappa shape index (κ1) is 18.9. The van der Waals surface area contributed by atoms with Crippen molar-refractivity contribution in [1.82, 2.24) is 15.0 Å². The molecule has 0 N–H and O–H groups in total. The molecule has 0 bridgehead atoms. The Morgan fingerprint density at radius 1 is 1.26 bits per heavy atom. The Kier molecular flexibility index (Phi) is 5.46. The highest BCUT2D eigenvalue weighted by Crippen LogP contribution is 2.33. The molecule has 1 heterocycles. The largest absolute Gasteiger partial charge is 0.496 e. The number of carbonyl (C=O) groups is 1. The highest BCUT2D eigenvalue weighted by atomic mass is 35.5. The Bertz CT molecular complexity index is 971. The van der Waals surface area contributed by atoms with Gasteiger partial charge in [-0.25, -0.2) is 0 Å². The van der Waals surface area contributed by atoms with Gasteiger partial charge in [0.1, 0.15) is 11.8 Å². The van der Waals surface area contributed by atoms with Crippen molar-refractivity contribution >= 4 is 17.5 Å². The smallest absolute Gasteiger partial charge is 0.254 e. The van der Waals surface area contributed by atoms with E-state index in [1.807, 2.05) is 31.2 Å². The van der Waals surface area contributed by atoms with Crippen LogP contribution in [-0.4, -0.2) is 35.1 Å². The lowest BCUT2D eigenvalue weighted by Gasteiger charge is -2.22. The van der Waals surface area contributed by atoms with Crippen molar-refractivity contribution in [1.29, 1.82) is 0 Å². The van der Waals surface area contributed by atoms with E-state index >= 15 is 0 Å². The number of carbonyl (C=O) groups excluding carboxylic acids is 1. The fourth-order valence-electron chi connectivity index (χ4n) is 2.75. The number of amides is 1. The van der Waals surface area contributed by atoms with Crippen LogP contribution in [0.3, 0.4) is 0 Å². The van der Waals surface area contributed by atoms with Crippen LogP contribution in [0, 0.1) is 6.92 Å². The van der Waals surface area contributed by atoms with E-state index in [4.69, 9.17) is 20.9 Å². The molecule has 0 fully saturated rings. The van der Waals surface area contributed by atoms with Crippen molar-refractivity contribution in [2.75, 3.05) is 14.2 Å². The molecule has 0 aliphatic rings. The minimum Gasteiger partial charge on any atom is -0.496 e. The molecule has 27 heavy (non-hydrogen) atoms. The third-order valence-electron chi connectivity index (χ3n) is 4.38. The Morgan fingerprint density at radius 2 is 2.04 bits per heavy atom. The molecule has 3 rings (SSSR count). The van der Waals surface area contributed by atoms with Crippen LogP contribution >= 0.6 is 11.6 Å². The van der Waals surface area contributed by atoms with Crippen molar-refractivity contribution in [3.8, 4) is 16.9 Å². The highest BCUT2D eigenvalue weighted by Gasteiger charge is 2.23. The van der Waals surface area contributed by atoms with E-state index < -0.39 is 0 Å². The van der Waals surface area contributed by atoms with Gasteiger partial charge in [0.2, 0.25) is 5.89 Å². The third kappa shape index (κ3) is 3.95. The molecule has 0 aliphatic carbocycles. The fraction of sp³-hybridized carbons (Fsp3) is 0.250. The van der Waals surface area contributed by atoms with Gasteiger partial charge in [0.05, 0.1) is 7.11 Å². The van der Waals surface area contributed by atoms with E-state index in [0.717, 1.165) is 11.1 Å². The Morgan fingerprint density at radius 3 is 2.70 bits per heavy atom. The maximum atomic E-state index is 12.9. The van der Waals surface area contributed by atoms with E-state index in [1.54, 1.807) is 44.2 Å². The first-order valence-corrected chi connectivity index (χ1v) is 8.80. The number of halogens is 1. The van der Waals surface area contributed by atoms with Crippen molar-refractivity contribution in [3.05, 3.63) is 64.8 Å². The molecule has 6 nitrogen and oxygen atoms in total. The van der Waals surface area contributed by atoms with Crippen molar-refractivity contribution in [2.24, 2.45) is 0 Å². The van der Waals surface area contributed by atoms with Crippen LogP contribution < -0.4 is 4.74 Å². The lowest BCUT2D eigenvalue weighted by Crippen LogP contribution is -2.29. The first-order valence-electron chi connectivity index (χ1n) is 8.42. The first-order chi connectivity index (χ1) is 12.9. The molecular formula is C20H20ClN3O3. The number of methoxy groups -OCH3 is 1. The quantitative estimate of drug-likeness (QED) is 0.644. The van der Waals surface area contributed by atoms with E-state index in [9.17, 15) is 4.79 Å². The number of hydrogen-bond donors (Lipinski definition) is 0. The summed E-state index contributed by atoms with van der Waals surface area (Å²) in [5.74, 6) is 1.47. The van der Waals surface area contributed by atoms with Gasteiger partial charge in [-0.1, -0.05) is 28.9 Å². The molecule has 0 saturated heterocycles. The van der Waals surface area contributed by atoms with Gasteiger partial charge in [0.15, 0.2) is 5.82 Å². The zero-order valence-electron chi connectivity index (χ0n) is 15.6. The summed E-state index contributed by atoms with van der Waals surface area (Å²) in [7, 11) is 3.31. The van der Waals surface area contributed by atoms with Gasteiger partial charge in [-0.3, -0.25) is 4.79 Å². The number of aryl methyl sites for hydroxylation is 1. The Balaban J connectivity index is 1.91. The number of nitrogens with zero attached hydrogens (tertiary/aromatic N) is 3. The number of hydrogen-bond acceptors (Lipinski definition) is 5. The number of aromatic nitrogens is 2. The summed E-state index contributed by atoms with van der Waals surface area (Å²) < 4.78 is 10.6. The van der Waals surface area contributed by atoms with E-state index in [0.29, 0.717) is 28.1 Å². The lowest BCUT2D eigenvalue weighted by atomic mass is 10.0. The molecule has 1 aromatic heterocycles. The standard InChI is InChI=1S/C20H20ClN3O3/c1-12(19-22-13(2)23-27-19)24(3)20(25)15-7-5-6-14(10-15)17-11-16(21)8-9-18(17)26-4/h5-12H,1-4H3. The van der Waals surface area contributed by atoms with E-state index in [-0.39, 0.29) is 11.9 Å². The summed E-state index contributed by atoms with van der Waals surface area (Å²) in [5, 5.41) is 4.38. The molecule has 140 valence electrons. The van der Waals surface area contributed by atoms with Gasteiger partial charge < -0.3 is 14.2 Å². The maximum absolute atomic E-state index is 12.9. The number of ether oxygens (including phenoxy) is 1. The van der Waals surface area contributed by atoms with Crippen LogP contribution in [0.4, 0.5) is 0 Å². The topological polar surface area (TPSA) is 68.5 Å². The minimum absolute atomic E-state index is 0.152. The zero-order valence-corrected chi connectivity index (χ0v) is 16.3. The molecule has 0 aliphatic heterocycles. The van der Waals surface area contributed by atoms with Crippen LogP contribution in [0.1, 0.15) is 35.0 Å². The predicted octanol–water partition coefficient (Wildman–Crippen LogP) is 4.54. The summed E-state index contributed by atoms with van der Waals surface area (Å²) in [4.78, 5) is 18.7. The van der Waals surface area contributed by atoms with Crippen LogP contribution in [0.2, 0.25) is 5.02 Å². The van der Waals surface area contributed by atoms with Crippen LogP contribution in [-0.2, 0) is 0 Å². The van der Waals surface area contributed by atoms with Gasteiger partial charge >= 0.3 is 0 Å². The monoisotopic (exact) mass is 385 g/mol. The summed E-state index contributed by atoms with van der Waals surface area (Å²) in [5.41, 5.74) is 2.21. The SMILES string of the molecule is COc1ccc(Cl)cc1-c1cccc(C(=O)N(C)C(C)c2nc(C)no2)c1. The van der Waals surface area contributed by atoms with Gasteiger partial charge in [-0.2, -0.15) is 4.98 Å². The van der Waals surface area contributed by atoms with Gasteiger partial charge in [-0.15, -0.1) is 0 Å². The minimum atomic E-state index is -0.344. The second-order valence-electron chi connectivity index (χ2n) is 6.20. The molecule has 0 saturated carbocycles. The highest BCUT2D eigenvalue weighted by molar-refractivity contribution is 6.31. The van der Waals surface area contributed by atoms with E-state index in [2.05, 4.69) is 10.1 Å². The molecule has 0 radical (unpaired) electrons. The van der Waals surface area contributed by atoms with Gasteiger partial charge in [0.25, 0.3) is 5.91 Å². The van der Waals surface area contributed by atoms with Crippen LogP contribution in [0.15, 0.2) is 47.0 Å². The number of benzene rings is 2. The zero-order chi connectivity index (χ0) is 19.6. The van der Waals surface area contributed by atoms with Gasteiger partial charge in [-0.05, 0) is 49.7 Å². The van der Waals surface area contributed by atoms with E-state index in [1.165, 1.54) is 0 Å². The molecule has 7 heteroatoms. The van der Waals surface area contributed by atoms with Gasteiger partial charge in [0, 0.05) is 23.2 Å². The lowest BCUT2D eigenvalue weighted by molar-refractivity contribution is 0.0716. The summed E-state index contributed by atoms with van der Waals surface area (Å²) >= 11 is 6.13. The molecule has 0 spiro atoms. The average Bonchev–Trinajstić information content (AvgIpc) is 3.12. The Hall–Kier alpha value is -2.86. The average molecular weight is 386 g/mol. The molecule has 1 amide bonds. The molecule has 1 unspecified atom stereocenters. The maximum Gasteiger partial charge on any atom is 0.254 e. The van der Waals surface area contributed by atoms with Crippen molar-refractivity contribution < 1.29 is 14.1 Å². The summed E-state index contributed by atoms with van der Waals surface area (Å²) in [6.07, 6.45) is 0. The molecule has 1 atom stereocenters. The summed E-state index contributed by atoms with van der Waals surface area (Å²) in [6, 6.07) is 12.4. The normalized spacial score (nSPS) is 11.9. The van der Waals surface area contributed by atoms with Crippen molar-refractivity contribution in [3.63, 3.8) is 0 Å². The number of rotatable bonds is 5. The van der Waals surface area contributed by atoms with Crippen LogP contribution in [0.5, 0.6) is 5.75 Å². The Labute approximate surface area is 162 Å². The van der Waals surface area contributed by atoms with Crippen molar-refractivity contribution in [2.45, 2.75) is 19.9 Å². The molecule has 3 aromatic rings. The molecular weight excluding hydrogens is 366 g/mol. The third-order valence-corrected chi connectivity index (χ3v) is 4.62. The summed E-state index contributed by atoms with van der Waals surface area (Å²) in [6.45, 7) is 3.58. The van der Waals surface area contributed by atoms with Crippen LogP contribution in [0.25, 0.3) is 11.1 Å². The predicted molar refractivity (Wildman–Crippen MR) is 103 cm³/mol. The second kappa shape index (κ2) is 7.80. The second-order valence-corrected chi connectivity index (χ2v) is 6.63. The fourth-order valence-corrected chi connectivity index (χ4v) is 2.93.